The molecule has 0 saturated heterocycles. The third-order valence-electron chi connectivity index (χ3n) is 2.57. The molecule has 0 radical (unpaired) electrons. The van der Waals surface area contributed by atoms with Crippen molar-refractivity contribution in [2.75, 3.05) is 30.8 Å². The zero-order valence-electron chi connectivity index (χ0n) is 9.51. The Kier molecular flexibility index (Phi) is 3.36. The van der Waals surface area contributed by atoms with E-state index in [1.165, 1.54) is 5.56 Å². The van der Waals surface area contributed by atoms with Crippen molar-refractivity contribution >= 4 is 11.8 Å². The number of hydrogen-bond donors (Lipinski definition) is 3. The van der Waals surface area contributed by atoms with Crippen LogP contribution in [-0.4, -0.2) is 30.1 Å². The summed E-state index contributed by atoms with van der Waals surface area (Å²) >= 11 is 0. The number of rotatable bonds is 4. The van der Waals surface area contributed by atoms with Gasteiger partial charge >= 0.3 is 0 Å². The standard InChI is InChI=1S/C11H17N5/c1-3-5-14-10-8-7-13-6-4-9(8)15-11(12-2)16-10/h3,13H,1,4-7H2,2H3,(H2,12,14,15,16). The number of fused-ring (bicyclic) bond motifs is 1. The highest BCUT2D eigenvalue weighted by atomic mass is 15.1. The van der Waals surface area contributed by atoms with Crippen molar-refractivity contribution in [1.29, 1.82) is 0 Å². The van der Waals surface area contributed by atoms with E-state index in [4.69, 9.17) is 0 Å². The lowest BCUT2D eigenvalue weighted by Crippen LogP contribution is -2.26. The molecular formula is C11H17N5. The largest absolute Gasteiger partial charge is 0.366 e. The van der Waals surface area contributed by atoms with Crippen LogP contribution < -0.4 is 16.0 Å². The van der Waals surface area contributed by atoms with Crippen LogP contribution in [0.3, 0.4) is 0 Å². The van der Waals surface area contributed by atoms with Crippen LogP contribution in [0.15, 0.2) is 12.7 Å². The second kappa shape index (κ2) is 4.94. The molecule has 0 spiro atoms. The third-order valence-corrected chi connectivity index (χ3v) is 2.57. The minimum Gasteiger partial charge on any atom is -0.366 e. The first kappa shape index (κ1) is 10.9. The molecule has 16 heavy (non-hydrogen) atoms. The van der Waals surface area contributed by atoms with E-state index in [9.17, 15) is 0 Å². The molecule has 0 aromatic carbocycles. The van der Waals surface area contributed by atoms with Crippen molar-refractivity contribution in [3.8, 4) is 0 Å². The molecule has 0 aliphatic carbocycles. The Labute approximate surface area is 95.4 Å². The minimum absolute atomic E-state index is 0.673. The first-order valence-electron chi connectivity index (χ1n) is 5.48. The molecule has 1 aromatic rings. The van der Waals surface area contributed by atoms with E-state index in [1.807, 2.05) is 13.1 Å². The van der Waals surface area contributed by atoms with E-state index in [-0.39, 0.29) is 0 Å². The molecule has 0 unspecified atom stereocenters. The second-order valence-corrected chi connectivity index (χ2v) is 3.67. The highest BCUT2D eigenvalue weighted by molar-refractivity contribution is 5.51. The molecule has 1 aliphatic heterocycles. The van der Waals surface area contributed by atoms with Gasteiger partial charge in [0.15, 0.2) is 0 Å². The summed E-state index contributed by atoms with van der Waals surface area (Å²) in [7, 11) is 1.83. The monoisotopic (exact) mass is 219 g/mol. The van der Waals surface area contributed by atoms with E-state index in [2.05, 4.69) is 32.5 Å². The van der Waals surface area contributed by atoms with Crippen molar-refractivity contribution < 1.29 is 0 Å². The summed E-state index contributed by atoms with van der Waals surface area (Å²) in [6.07, 6.45) is 2.78. The first-order chi connectivity index (χ1) is 7.85. The molecule has 3 N–H and O–H groups in total. The molecule has 0 saturated carbocycles. The van der Waals surface area contributed by atoms with Crippen LogP contribution in [0.2, 0.25) is 0 Å². The van der Waals surface area contributed by atoms with Gasteiger partial charge in [0.2, 0.25) is 5.95 Å². The Hall–Kier alpha value is -1.62. The molecular weight excluding hydrogens is 202 g/mol. The van der Waals surface area contributed by atoms with Gasteiger partial charge in [-0.3, -0.25) is 0 Å². The van der Waals surface area contributed by atoms with Crippen LogP contribution in [0, 0.1) is 0 Å². The van der Waals surface area contributed by atoms with Gasteiger partial charge in [0.05, 0.1) is 5.69 Å². The third kappa shape index (κ3) is 2.14. The SMILES string of the molecule is C=CCNc1nc(NC)nc2c1CNCC2. The molecule has 0 bridgehead atoms. The molecule has 0 atom stereocenters. The smallest absolute Gasteiger partial charge is 0.224 e. The Morgan fingerprint density at radius 2 is 2.38 bits per heavy atom. The topological polar surface area (TPSA) is 61.9 Å². The van der Waals surface area contributed by atoms with Crippen molar-refractivity contribution in [3.05, 3.63) is 23.9 Å². The van der Waals surface area contributed by atoms with Crippen molar-refractivity contribution in [2.45, 2.75) is 13.0 Å². The van der Waals surface area contributed by atoms with Gasteiger partial charge < -0.3 is 16.0 Å². The van der Waals surface area contributed by atoms with Crippen LogP contribution in [0.1, 0.15) is 11.3 Å². The van der Waals surface area contributed by atoms with Gasteiger partial charge in [0.25, 0.3) is 0 Å². The lowest BCUT2D eigenvalue weighted by molar-refractivity contribution is 0.628. The zero-order chi connectivity index (χ0) is 11.4. The second-order valence-electron chi connectivity index (χ2n) is 3.67. The average molecular weight is 219 g/mol. The fourth-order valence-corrected chi connectivity index (χ4v) is 1.77. The Morgan fingerprint density at radius 3 is 3.12 bits per heavy atom. The van der Waals surface area contributed by atoms with Gasteiger partial charge in [0, 0.05) is 38.7 Å². The summed E-state index contributed by atoms with van der Waals surface area (Å²) in [6.45, 7) is 6.22. The molecule has 5 heteroatoms. The maximum Gasteiger partial charge on any atom is 0.224 e. The van der Waals surface area contributed by atoms with Gasteiger partial charge in [-0.05, 0) is 0 Å². The molecule has 0 amide bonds. The fraction of sp³-hybridized carbons (Fsp3) is 0.455. The van der Waals surface area contributed by atoms with Crippen LogP contribution in [-0.2, 0) is 13.0 Å². The molecule has 1 aliphatic rings. The predicted molar refractivity (Wildman–Crippen MR) is 65.7 cm³/mol. The van der Waals surface area contributed by atoms with Crippen molar-refractivity contribution in [2.24, 2.45) is 0 Å². The van der Waals surface area contributed by atoms with E-state index >= 15 is 0 Å². The summed E-state index contributed by atoms with van der Waals surface area (Å²) in [6, 6.07) is 0. The van der Waals surface area contributed by atoms with E-state index in [0.29, 0.717) is 12.5 Å². The van der Waals surface area contributed by atoms with Gasteiger partial charge in [0.1, 0.15) is 5.82 Å². The number of nitrogens with zero attached hydrogens (tertiary/aromatic N) is 2. The average Bonchev–Trinajstić information content (AvgIpc) is 2.35. The fourth-order valence-electron chi connectivity index (χ4n) is 1.77. The van der Waals surface area contributed by atoms with Crippen molar-refractivity contribution in [3.63, 3.8) is 0 Å². The van der Waals surface area contributed by atoms with Gasteiger partial charge in [-0.15, -0.1) is 6.58 Å². The summed E-state index contributed by atoms with van der Waals surface area (Å²) in [4.78, 5) is 8.89. The van der Waals surface area contributed by atoms with Gasteiger partial charge in [-0.25, -0.2) is 4.98 Å². The summed E-state index contributed by atoms with van der Waals surface area (Å²) in [5.74, 6) is 1.58. The first-order valence-corrected chi connectivity index (χ1v) is 5.48. The Bertz CT molecular complexity index is 388. The number of nitrogens with one attached hydrogen (secondary N) is 3. The summed E-state index contributed by atoms with van der Waals surface area (Å²) in [5, 5.41) is 9.56. The number of hydrogen-bond acceptors (Lipinski definition) is 5. The molecule has 2 heterocycles. The molecule has 0 fully saturated rings. The molecule has 1 aromatic heterocycles. The number of anilines is 2. The predicted octanol–water partition coefficient (Wildman–Crippen LogP) is 0.762. The maximum absolute atomic E-state index is 4.47. The van der Waals surface area contributed by atoms with Crippen LogP contribution >= 0.6 is 0 Å². The van der Waals surface area contributed by atoms with Crippen LogP contribution in [0.4, 0.5) is 11.8 Å². The highest BCUT2D eigenvalue weighted by Crippen LogP contribution is 2.21. The minimum atomic E-state index is 0.673. The van der Waals surface area contributed by atoms with Crippen LogP contribution in [0.5, 0.6) is 0 Å². The number of aromatic nitrogens is 2. The van der Waals surface area contributed by atoms with Crippen LogP contribution in [0.25, 0.3) is 0 Å². The van der Waals surface area contributed by atoms with Crippen molar-refractivity contribution in [1.82, 2.24) is 15.3 Å². The molecule has 2 rings (SSSR count). The van der Waals surface area contributed by atoms with E-state index < -0.39 is 0 Å². The lowest BCUT2D eigenvalue weighted by atomic mass is 10.1. The molecule has 86 valence electrons. The maximum atomic E-state index is 4.47. The molecule has 5 nitrogen and oxygen atoms in total. The normalized spacial score (nSPS) is 14.1. The van der Waals surface area contributed by atoms with E-state index in [1.54, 1.807) is 0 Å². The van der Waals surface area contributed by atoms with Gasteiger partial charge in [-0.1, -0.05) is 6.08 Å². The van der Waals surface area contributed by atoms with E-state index in [0.717, 1.165) is 31.0 Å². The zero-order valence-corrected chi connectivity index (χ0v) is 9.51. The summed E-state index contributed by atoms with van der Waals surface area (Å²) < 4.78 is 0. The Morgan fingerprint density at radius 1 is 1.50 bits per heavy atom. The lowest BCUT2D eigenvalue weighted by Gasteiger charge is -2.20. The quantitative estimate of drug-likeness (QED) is 0.653. The highest BCUT2D eigenvalue weighted by Gasteiger charge is 2.16. The Balaban J connectivity index is 2.35. The summed E-state index contributed by atoms with van der Waals surface area (Å²) in [5.41, 5.74) is 2.30. The van der Waals surface area contributed by atoms with Gasteiger partial charge in [-0.2, -0.15) is 4.98 Å².